The highest BCUT2D eigenvalue weighted by molar-refractivity contribution is 5.77. The number of rotatable bonds is 6. The van der Waals surface area contributed by atoms with Crippen molar-refractivity contribution in [1.82, 2.24) is 10.2 Å². The van der Waals surface area contributed by atoms with Crippen LogP contribution in [0.15, 0.2) is 24.3 Å². The molecule has 0 atom stereocenters. The van der Waals surface area contributed by atoms with Gasteiger partial charge in [0.05, 0.1) is 6.10 Å². The second kappa shape index (κ2) is 8.15. The Hall–Kier alpha value is -1.39. The Morgan fingerprint density at radius 1 is 1.24 bits per heavy atom. The first-order valence-corrected chi connectivity index (χ1v) is 7.83. The molecule has 1 N–H and O–H groups in total. The Balaban J connectivity index is 1.75. The van der Waals surface area contributed by atoms with Gasteiger partial charge < -0.3 is 15.0 Å². The number of carbonyl (C=O) groups is 1. The van der Waals surface area contributed by atoms with Crippen molar-refractivity contribution >= 4 is 5.91 Å². The van der Waals surface area contributed by atoms with Crippen LogP contribution in [0.4, 0.5) is 0 Å². The van der Waals surface area contributed by atoms with Crippen LogP contribution >= 0.6 is 0 Å². The molecule has 1 aromatic rings. The summed E-state index contributed by atoms with van der Waals surface area (Å²) in [6, 6.07) is 8.44. The van der Waals surface area contributed by atoms with Gasteiger partial charge in [0.1, 0.15) is 6.61 Å². The van der Waals surface area contributed by atoms with E-state index >= 15 is 0 Å². The van der Waals surface area contributed by atoms with Gasteiger partial charge in [0.2, 0.25) is 5.91 Å². The van der Waals surface area contributed by atoms with E-state index in [1.54, 1.807) is 4.90 Å². The van der Waals surface area contributed by atoms with E-state index in [2.05, 4.69) is 36.5 Å². The number of nitrogens with zero attached hydrogens (tertiary/aromatic N) is 1. The van der Waals surface area contributed by atoms with Crippen molar-refractivity contribution < 1.29 is 9.53 Å². The maximum Gasteiger partial charge on any atom is 0.248 e. The van der Waals surface area contributed by atoms with Crippen molar-refractivity contribution in [1.29, 1.82) is 0 Å². The monoisotopic (exact) mass is 290 g/mol. The SMILES string of the molecule is CCc1ccc(CN(C)C(=O)COC2CCNCC2)cc1. The lowest BCUT2D eigenvalue weighted by molar-refractivity contribution is -0.137. The third kappa shape index (κ3) is 5.14. The molecule has 1 heterocycles. The molecule has 0 saturated carbocycles. The van der Waals surface area contributed by atoms with E-state index in [0.717, 1.165) is 37.9 Å². The van der Waals surface area contributed by atoms with Gasteiger partial charge in [0.25, 0.3) is 0 Å². The molecule has 1 aliphatic rings. The Kier molecular flexibility index (Phi) is 6.21. The summed E-state index contributed by atoms with van der Waals surface area (Å²) < 4.78 is 5.71. The fraction of sp³-hybridized carbons (Fsp3) is 0.588. The molecule has 0 unspecified atom stereocenters. The number of piperidine rings is 1. The molecular weight excluding hydrogens is 264 g/mol. The van der Waals surface area contributed by atoms with E-state index in [9.17, 15) is 4.79 Å². The molecule has 1 aromatic carbocycles. The number of aryl methyl sites for hydroxylation is 1. The molecule has 2 rings (SSSR count). The molecule has 21 heavy (non-hydrogen) atoms. The molecule has 1 fully saturated rings. The second-order valence-electron chi connectivity index (χ2n) is 5.68. The number of nitrogens with one attached hydrogen (secondary N) is 1. The molecule has 0 aliphatic carbocycles. The van der Waals surface area contributed by atoms with Gasteiger partial charge in [-0.05, 0) is 43.5 Å². The average molecular weight is 290 g/mol. The standard InChI is InChI=1S/C17H26N2O2/c1-3-14-4-6-15(7-5-14)12-19(2)17(20)13-21-16-8-10-18-11-9-16/h4-7,16,18H,3,8-13H2,1-2H3. The lowest BCUT2D eigenvalue weighted by Gasteiger charge is -2.24. The third-order valence-corrected chi connectivity index (χ3v) is 4.01. The zero-order valence-corrected chi connectivity index (χ0v) is 13.1. The first kappa shape index (κ1) is 16.0. The highest BCUT2D eigenvalue weighted by Crippen LogP contribution is 2.09. The Labute approximate surface area is 127 Å². The summed E-state index contributed by atoms with van der Waals surface area (Å²) in [4.78, 5) is 13.8. The van der Waals surface area contributed by atoms with Crippen molar-refractivity contribution in [2.45, 2.75) is 38.8 Å². The number of likely N-dealkylation sites (N-methyl/N-ethyl adjacent to an activating group) is 1. The summed E-state index contributed by atoms with van der Waals surface area (Å²) >= 11 is 0. The van der Waals surface area contributed by atoms with Crippen LogP contribution in [-0.2, 0) is 22.5 Å². The van der Waals surface area contributed by atoms with E-state index in [-0.39, 0.29) is 18.6 Å². The van der Waals surface area contributed by atoms with Crippen molar-refractivity contribution in [2.24, 2.45) is 0 Å². The fourth-order valence-corrected chi connectivity index (χ4v) is 2.50. The lowest BCUT2D eigenvalue weighted by atomic mass is 10.1. The largest absolute Gasteiger partial charge is 0.368 e. The minimum Gasteiger partial charge on any atom is -0.368 e. The predicted molar refractivity (Wildman–Crippen MR) is 84.1 cm³/mol. The maximum atomic E-state index is 12.1. The molecule has 1 amide bonds. The number of amides is 1. The summed E-state index contributed by atoms with van der Waals surface area (Å²) in [6.45, 7) is 4.94. The van der Waals surface area contributed by atoms with Crippen molar-refractivity contribution in [3.63, 3.8) is 0 Å². The zero-order chi connectivity index (χ0) is 15.1. The van der Waals surface area contributed by atoms with E-state index in [1.165, 1.54) is 5.56 Å². The van der Waals surface area contributed by atoms with Gasteiger partial charge in [0, 0.05) is 13.6 Å². The predicted octanol–water partition coefficient (Wildman–Crippen LogP) is 1.98. The molecule has 1 saturated heterocycles. The summed E-state index contributed by atoms with van der Waals surface area (Å²) in [5.41, 5.74) is 2.48. The number of benzene rings is 1. The summed E-state index contributed by atoms with van der Waals surface area (Å²) in [5.74, 6) is 0.0492. The Bertz CT molecular complexity index is 439. The molecule has 0 bridgehead atoms. The van der Waals surface area contributed by atoms with Crippen LogP contribution in [-0.4, -0.2) is 43.7 Å². The molecule has 1 aliphatic heterocycles. The Morgan fingerprint density at radius 3 is 2.48 bits per heavy atom. The summed E-state index contributed by atoms with van der Waals surface area (Å²) in [6.07, 6.45) is 3.26. The van der Waals surface area contributed by atoms with Crippen LogP contribution in [0, 0.1) is 0 Å². The van der Waals surface area contributed by atoms with Crippen molar-refractivity contribution in [3.8, 4) is 0 Å². The highest BCUT2D eigenvalue weighted by atomic mass is 16.5. The zero-order valence-electron chi connectivity index (χ0n) is 13.1. The number of carbonyl (C=O) groups excluding carboxylic acids is 1. The normalized spacial score (nSPS) is 15.9. The summed E-state index contributed by atoms with van der Waals surface area (Å²) in [5, 5.41) is 3.29. The smallest absolute Gasteiger partial charge is 0.248 e. The fourth-order valence-electron chi connectivity index (χ4n) is 2.50. The first-order chi connectivity index (χ1) is 10.2. The van der Waals surface area contributed by atoms with E-state index in [1.807, 2.05) is 7.05 Å². The van der Waals surface area contributed by atoms with Gasteiger partial charge in [-0.1, -0.05) is 31.2 Å². The number of ether oxygens (including phenoxy) is 1. The van der Waals surface area contributed by atoms with E-state index < -0.39 is 0 Å². The average Bonchev–Trinajstić information content (AvgIpc) is 2.54. The van der Waals surface area contributed by atoms with Crippen LogP contribution in [0.25, 0.3) is 0 Å². The molecule has 4 nitrogen and oxygen atoms in total. The minimum absolute atomic E-state index is 0.0492. The van der Waals surface area contributed by atoms with E-state index in [0.29, 0.717) is 6.54 Å². The van der Waals surface area contributed by atoms with Crippen molar-refractivity contribution in [3.05, 3.63) is 35.4 Å². The lowest BCUT2D eigenvalue weighted by Crippen LogP contribution is -2.36. The van der Waals surface area contributed by atoms with Crippen LogP contribution in [0.3, 0.4) is 0 Å². The van der Waals surface area contributed by atoms with Gasteiger partial charge in [-0.15, -0.1) is 0 Å². The third-order valence-electron chi connectivity index (χ3n) is 4.01. The van der Waals surface area contributed by atoms with Crippen LogP contribution in [0.1, 0.15) is 30.9 Å². The van der Waals surface area contributed by atoms with Gasteiger partial charge in [0.15, 0.2) is 0 Å². The van der Waals surface area contributed by atoms with Gasteiger partial charge in [-0.2, -0.15) is 0 Å². The highest BCUT2D eigenvalue weighted by Gasteiger charge is 2.16. The van der Waals surface area contributed by atoms with Gasteiger partial charge >= 0.3 is 0 Å². The molecule has 4 heteroatoms. The topological polar surface area (TPSA) is 41.6 Å². The van der Waals surface area contributed by atoms with Crippen LogP contribution < -0.4 is 5.32 Å². The van der Waals surface area contributed by atoms with E-state index in [4.69, 9.17) is 4.74 Å². The molecule has 0 aromatic heterocycles. The Morgan fingerprint density at radius 2 is 1.86 bits per heavy atom. The molecule has 0 spiro atoms. The van der Waals surface area contributed by atoms with Crippen LogP contribution in [0.5, 0.6) is 0 Å². The van der Waals surface area contributed by atoms with Gasteiger partial charge in [-0.25, -0.2) is 0 Å². The maximum absolute atomic E-state index is 12.1. The quantitative estimate of drug-likeness (QED) is 0.871. The summed E-state index contributed by atoms with van der Waals surface area (Å²) in [7, 11) is 1.84. The minimum atomic E-state index is 0.0492. The molecule has 0 radical (unpaired) electrons. The molecule has 116 valence electrons. The van der Waals surface area contributed by atoms with Gasteiger partial charge in [-0.3, -0.25) is 4.79 Å². The molecular formula is C17H26N2O2. The number of hydrogen-bond acceptors (Lipinski definition) is 3. The van der Waals surface area contributed by atoms with Crippen molar-refractivity contribution in [2.75, 3.05) is 26.7 Å². The number of hydrogen-bond donors (Lipinski definition) is 1. The van der Waals surface area contributed by atoms with Crippen LogP contribution in [0.2, 0.25) is 0 Å². The first-order valence-electron chi connectivity index (χ1n) is 7.83. The second-order valence-corrected chi connectivity index (χ2v) is 5.68.